The first-order valence-corrected chi connectivity index (χ1v) is 8.27. The molecule has 0 saturated carbocycles. The van der Waals surface area contributed by atoms with Crippen LogP contribution in [-0.2, 0) is 22.7 Å². The Morgan fingerprint density at radius 2 is 1.85 bits per heavy atom. The van der Waals surface area contributed by atoms with Gasteiger partial charge in [-0.2, -0.15) is 5.10 Å². The number of ether oxygens (including phenoxy) is 1. The van der Waals surface area contributed by atoms with Crippen LogP contribution in [0.1, 0.15) is 11.1 Å². The number of rotatable bonds is 7. The van der Waals surface area contributed by atoms with Gasteiger partial charge in [0, 0.05) is 25.4 Å². The molecule has 0 N–H and O–H groups in total. The molecule has 0 aliphatic heterocycles. The van der Waals surface area contributed by atoms with Crippen LogP contribution < -0.4 is 0 Å². The molecule has 0 fully saturated rings. The number of hydrogen-bond acceptors (Lipinski definition) is 3. The summed E-state index contributed by atoms with van der Waals surface area (Å²) >= 11 is 0. The van der Waals surface area contributed by atoms with Gasteiger partial charge >= 0.3 is 0 Å². The highest BCUT2D eigenvalue weighted by Crippen LogP contribution is 2.11. The zero-order chi connectivity index (χ0) is 18.4. The van der Waals surface area contributed by atoms with Gasteiger partial charge < -0.3 is 9.64 Å². The summed E-state index contributed by atoms with van der Waals surface area (Å²) in [5, 5.41) is 4.26. The van der Waals surface area contributed by atoms with E-state index in [9.17, 15) is 9.18 Å². The van der Waals surface area contributed by atoms with E-state index in [4.69, 9.17) is 4.74 Å². The van der Waals surface area contributed by atoms with Crippen molar-refractivity contribution in [2.45, 2.75) is 13.2 Å². The fourth-order valence-electron chi connectivity index (χ4n) is 2.48. The Balaban J connectivity index is 1.50. The molecule has 0 aliphatic carbocycles. The number of nitrogens with zero attached hydrogens (tertiary/aromatic N) is 3. The SMILES string of the molecule is CN(Cc1cnn(-c2ccc(F)cc2)c1)C(=O)COCc1ccccc1. The van der Waals surface area contributed by atoms with Gasteiger partial charge in [-0.25, -0.2) is 9.07 Å². The van der Waals surface area contributed by atoms with Crippen LogP contribution in [0.25, 0.3) is 5.69 Å². The van der Waals surface area contributed by atoms with E-state index in [0.717, 1.165) is 16.8 Å². The van der Waals surface area contributed by atoms with Gasteiger partial charge in [0.05, 0.1) is 18.5 Å². The fraction of sp³-hybridized carbons (Fsp3) is 0.200. The zero-order valence-corrected chi connectivity index (χ0v) is 14.5. The molecule has 0 saturated heterocycles. The maximum Gasteiger partial charge on any atom is 0.248 e. The molecular formula is C20H20FN3O2. The van der Waals surface area contributed by atoms with E-state index in [0.29, 0.717) is 13.2 Å². The molecule has 3 rings (SSSR count). The van der Waals surface area contributed by atoms with Crippen LogP contribution in [0.5, 0.6) is 0 Å². The van der Waals surface area contributed by atoms with Crippen molar-refractivity contribution in [1.82, 2.24) is 14.7 Å². The van der Waals surface area contributed by atoms with E-state index in [1.54, 1.807) is 35.0 Å². The maximum atomic E-state index is 13.0. The van der Waals surface area contributed by atoms with Crippen molar-refractivity contribution in [3.8, 4) is 5.69 Å². The lowest BCUT2D eigenvalue weighted by Gasteiger charge is -2.16. The minimum atomic E-state index is -0.290. The molecule has 1 amide bonds. The largest absolute Gasteiger partial charge is 0.367 e. The highest BCUT2D eigenvalue weighted by molar-refractivity contribution is 5.77. The van der Waals surface area contributed by atoms with Crippen molar-refractivity contribution in [1.29, 1.82) is 0 Å². The molecule has 0 radical (unpaired) electrons. The Morgan fingerprint density at radius 1 is 1.12 bits per heavy atom. The number of carbonyl (C=O) groups is 1. The predicted octanol–water partition coefficient (Wildman–Crippen LogP) is 3.19. The van der Waals surface area contributed by atoms with Gasteiger partial charge in [0.25, 0.3) is 0 Å². The van der Waals surface area contributed by atoms with Gasteiger partial charge in [-0.3, -0.25) is 4.79 Å². The Kier molecular flexibility index (Phi) is 5.76. The minimum Gasteiger partial charge on any atom is -0.367 e. The average molecular weight is 353 g/mol. The Bertz CT molecular complexity index is 847. The summed E-state index contributed by atoms with van der Waals surface area (Å²) in [5.74, 6) is -0.391. The molecule has 134 valence electrons. The lowest BCUT2D eigenvalue weighted by molar-refractivity contribution is -0.135. The highest BCUT2D eigenvalue weighted by Gasteiger charge is 2.11. The van der Waals surface area contributed by atoms with Crippen molar-refractivity contribution in [2.24, 2.45) is 0 Å². The van der Waals surface area contributed by atoms with E-state index < -0.39 is 0 Å². The number of aromatic nitrogens is 2. The molecule has 2 aromatic carbocycles. The molecule has 0 unspecified atom stereocenters. The minimum absolute atomic E-state index is 0.0253. The summed E-state index contributed by atoms with van der Waals surface area (Å²) in [6.07, 6.45) is 3.51. The Morgan fingerprint density at radius 3 is 2.58 bits per heavy atom. The molecule has 0 atom stereocenters. The fourth-order valence-corrected chi connectivity index (χ4v) is 2.48. The molecule has 3 aromatic rings. The number of benzene rings is 2. The van der Waals surface area contributed by atoms with Crippen molar-refractivity contribution in [3.05, 3.63) is 83.9 Å². The first kappa shape index (κ1) is 17.8. The first-order valence-electron chi connectivity index (χ1n) is 8.27. The molecule has 0 spiro atoms. The van der Waals surface area contributed by atoms with Gasteiger partial charge in [-0.15, -0.1) is 0 Å². The molecular weight excluding hydrogens is 333 g/mol. The first-order chi connectivity index (χ1) is 12.6. The standard InChI is InChI=1S/C20H20FN3O2/c1-23(20(25)15-26-14-16-5-3-2-4-6-16)12-17-11-22-24(13-17)19-9-7-18(21)8-10-19/h2-11,13H,12,14-15H2,1H3. The molecule has 1 aromatic heterocycles. The monoisotopic (exact) mass is 353 g/mol. The van der Waals surface area contributed by atoms with E-state index in [-0.39, 0.29) is 18.3 Å². The Labute approximate surface area is 151 Å². The van der Waals surface area contributed by atoms with E-state index in [1.807, 2.05) is 36.5 Å². The lowest BCUT2D eigenvalue weighted by atomic mass is 10.2. The summed E-state index contributed by atoms with van der Waals surface area (Å²) in [5.41, 5.74) is 2.68. The van der Waals surface area contributed by atoms with Crippen LogP contribution in [0, 0.1) is 5.82 Å². The third-order valence-electron chi connectivity index (χ3n) is 3.91. The highest BCUT2D eigenvalue weighted by atomic mass is 19.1. The van der Waals surface area contributed by atoms with Crippen LogP contribution in [0.2, 0.25) is 0 Å². The molecule has 6 heteroatoms. The molecule has 1 heterocycles. The predicted molar refractivity (Wildman–Crippen MR) is 96.1 cm³/mol. The van der Waals surface area contributed by atoms with Crippen LogP contribution in [0.4, 0.5) is 4.39 Å². The van der Waals surface area contributed by atoms with Gasteiger partial charge in [-0.1, -0.05) is 30.3 Å². The number of halogens is 1. The maximum absolute atomic E-state index is 13.0. The quantitative estimate of drug-likeness (QED) is 0.655. The van der Waals surface area contributed by atoms with Gasteiger partial charge in [0.15, 0.2) is 0 Å². The third kappa shape index (κ3) is 4.77. The van der Waals surface area contributed by atoms with Crippen LogP contribution >= 0.6 is 0 Å². The molecule has 5 nitrogen and oxygen atoms in total. The second kappa shape index (κ2) is 8.40. The second-order valence-corrected chi connectivity index (χ2v) is 6.00. The third-order valence-corrected chi connectivity index (χ3v) is 3.91. The van der Waals surface area contributed by atoms with E-state index in [2.05, 4.69) is 5.10 Å². The zero-order valence-electron chi connectivity index (χ0n) is 14.5. The van der Waals surface area contributed by atoms with Crippen molar-refractivity contribution < 1.29 is 13.9 Å². The van der Waals surface area contributed by atoms with E-state index in [1.165, 1.54) is 12.1 Å². The van der Waals surface area contributed by atoms with Crippen LogP contribution in [0.3, 0.4) is 0 Å². The van der Waals surface area contributed by atoms with Gasteiger partial charge in [0.1, 0.15) is 12.4 Å². The number of hydrogen-bond donors (Lipinski definition) is 0. The van der Waals surface area contributed by atoms with Gasteiger partial charge in [0.2, 0.25) is 5.91 Å². The summed E-state index contributed by atoms with van der Waals surface area (Å²) in [7, 11) is 1.73. The number of carbonyl (C=O) groups excluding carboxylic acids is 1. The molecule has 0 aliphatic rings. The van der Waals surface area contributed by atoms with Crippen molar-refractivity contribution >= 4 is 5.91 Å². The van der Waals surface area contributed by atoms with Crippen molar-refractivity contribution in [3.63, 3.8) is 0 Å². The smallest absolute Gasteiger partial charge is 0.248 e. The topological polar surface area (TPSA) is 47.4 Å². The average Bonchev–Trinajstić information content (AvgIpc) is 3.11. The summed E-state index contributed by atoms with van der Waals surface area (Å²) in [6.45, 7) is 0.856. The summed E-state index contributed by atoms with van der Waals surface area (Å²) < 4.78 is 20.1. The number of likely N-dealkylation sites (N-methyl/N-ethyl adjacent to an activating group) is 1. The second-order valence-electron chi connectivity index (χ2n) is 6.00. The van der Waals surface area contributed by atoms with Gasteiger partial charge in [-0.05, 0) is 29.8 Å². The van der Waals surface area contributed by atoms with Crippen molar-refractivity contribution in [2.75, 3.05) is 13.7 Å². The molecule has 26 heavy (non-hydrogen) atoms. The summed E-state index contributed by atoms with van der Waals surface area (Å²) in [6, 6.07) is 15.8. The Hall–Kier alpha value is -2.99. The normalized spacial score (nSPS) is 10.7. The molecule has 0 bridgehead atoms. The van der Waals surface area contributed by atoms with E-state index >= 15 is 0 Å². The van der Waals surface area contributed by atoms with Crippen LogP contribution in [-0.4, -0.2) is 34.2 Å². The number of amides is 1. The lowest BCUT2D eigenvalue weighted by Crippen LogP contribution is -2.29. The van der Waals surface area contributed by atoms with Crippen LogP contribution in [0.15, 0.2) is 67.0 Å². The summed E-state index contributed by atoms with van der Waals surface area (Å²) in [4.78, 5) is 13.8.